The highest BCUT2D eigenvalue weighted by molar-refractivity contribution is 5.98. The summed E-state index contributed by atoms with van der Waals surface area (Å²) in [4.78, 5) is 25.6. The zero-order chi connectivity index (χ0) is 15.1. The lowest BCUT2D eigenvalue weighted by Crippen LogP contribution is -2.23. The number of carbonyl (C=O) groups excluding carboxylic acids is 2. The molecule has 21 heavy (non-hydrogen) atoms. The van der Waals surface area contributed by atoms with E-state index in [2.05, 4.69) is 6.92 Å². The number of ketones is 1. The molecule has 0 aromatic heterocycles. The summed E-state index contributed by atoms with van der Waals surface area (Å²) in [5.41, 5.74) is 1.68. The fourth-order valence-corrected chi connectivity index (χ4v) is 2.78. The number of amides is 1. The molecule has 1 saturated heterocycles. The molecular formula is C18H25NO2. The van der Waals surface area contributed by atoms with E-state index in [1.807, 2.05) is 24.3 Å². The van der Waals surface area contributed by atoms with Crippen molar-refractivity contribution in [1.82, 2.24) is 0 Å². The largest absolute Gasteiger partial charge is 0.312 e. The number of carbonyl (C=O) groups is 2. The van der Waals surface area contributed by atoms with Crippen LogP contribution in [0.15, 0.2) is 24.3 Å². The van der Waals surface area contributed by atoms with Crippen LogP contribution in [-0.2, 0) is 4.79 Å². The molecule has 0 radical (unpaired) electrons. The van der Waals surface area contributed by atoms with Crippen molar-refractivity contribution >= 4 is 17.4 Å². The highest BCUT2D eigenvalue weighted by Gasteiger charge is 2.21. The molecule has 1 amide bonds. The van der Waals surface area contributed by atoms with Gasteiger partial charge in [-0.25, -0.2) is 0 Å². The highest BCUT2D eigenvalue weighted by atomic mass is 16.2. The maximum Gasteiger partial charge on any atom is 0.227 e. The summed E-state index contributed by atoms with van der Waals surface area (Å²) in [7, 11) is 0. The maximum atomic E-state index is 12.1. The third-order valence-corrected chi connectivity index (χ3v) is 4.08. The summed E-state index contributed by atoms with van der Waals surface area (Å²) in [6.45, 7) is 2.99. The monoisotopic (exact) mass is 287 g/mol. The molecule has 0 atom stereocenters. The van der Waals surface area contributed by atoms with Crippen molar-refractivity contribution in [1.29, 1.82) is 0 Å². The van der Waals surface area contributed by atoms with Gasteiger partial charge in [0.1, 0.15) is 0 Å². The Morgan fingerprint density at radius 2 is 1.81 bits per heavy atom. The minimum absolute atomic E-state index is 0.185. The molecule has 1 aromatic rings. The summed E-state index contributed by atoms with van der Waals surface area (Å²) >= 11 is 0. The van der Waals surface area contributed by atoms with Gasteiger partial charge in [0.25, 0.3) is 0 Å². The van der Waals surface area contributed by atoms with E-state index in [0.717, 1.165) is 37.1 Å². The molecule has 1 aliphatic heterocycles. The molecule has 0 aliphatic carbocycles. The van der Waals surface area contributed by atoms with Gasteiger partial charge in [0, 0.05) is 30.6 Å². The first-order valence-electron chi connectivity index (χ1n) is 8.16. The van der Waals surface area contributed by atoms with Crippen molar-refractivity contribution in [2.45, 2.75) is 58.3 Å². The first-order chi connectivity index (χ1) is 10.2. The fraction of sp³-hybridized carbons (Fsp3) is 0.556. The lowest BCUT2D eigenvalue weighted by Gasteiger charge is -2.15. The number of nitrogens with zero attached hydrogens (tertiary/aromatic N) is 1. The van der Waals surface area contributed by atoms with Crippen LogP contribution < -0.4 is 4.90 Å². The molecule has 2 rings (SSSR count). The zero-order valence-corrected chi connectivity index (χ0v) is 12.9. The van der Waals surface area contributed by atoms with Crippen LogP contribution in [0.25, 0.3) is 0 Å². The molecule has 1 heterocycles. The van der Waals surface area contributed by atoms with Crippen molar-refractivity contribution in [3.63, 3.8) is 0 Å². The molecule has 1 aromatic carbocycles. The van der Waals surface area contributed by atoms with Crippen molar-refractivity contribution in [3.05, 3.63) is 29.8 Å². The minimum Gasteiger partial charge on any atom is -0.312 e. The van der Waals surface area contributed by atoms with Crippen LogP contribution in [0.2, 0.25) is 0 Å². The topological polar surface area (TPSA) is 37.4 Å². The third-order valence-electron chi connectivity index (χ3n) is 4.08. The standard InChI is InChI=1S/C18H25NO2/c1-2-3-4-5-6-8-17(20)15-10-12-16(13-11-15)19-14-7-9-18(19)21/h10-13H,2-9,14H2,1H3. The van der Waals surface area contributed by atoms with Gasteiger partial charge < -0.3 is 4.90 Å². The van der Waals surface area contributed by atoms with Gasteiger partial charge in [-0.3, -0.25) is 9.59 Å². The van der Waals surface area contributed by atoms with E-state index >= 15 is 0 Å². The Morgan fingerprint density at radius 3 is 2.43 bits per heavy atom. The molecule has 0 saturated carbocycles. The van der Waals surface area contributed by atoms with Crippen molar-refractivity contribution in [3.8, 4) is 0 Å². The predicted octanol–water partition coefficient (Wildman–Crippen LogP) is 4.36. The van der Waals surface area contributed by atoms with E-state index in [9.17, 15) is 9.59 Å². The van der Waals surface area contributed by atoms with Gasteiger partial charge in [0.2, 0.25) is 5.91 Å². The van der Waals surface area contributed by atoms with Gasteiger partial charge in [0.05, 0.1) is 0 Å². The van der Waals surface area contributed by atoms with E-state index in [1.165, 1.54) is 19.3 Å². The van der Waals surface area contributed by atoms with E-state index in [-0.39, 0.29) is 11.7 Å². The number of anilines is 1. The van der Waals surface area contributed by atoms with Crippen LogP contribution in [0.4, 0.5) is 5.69 Å². The average Bonchev–Trinajstić information content (AvgIpc) is 2.93. The smallest absolute Gasteiger partial charge is 0.227 e. The van der Waals surface area contributed by atoms with Gasteiger partial charge in [-0.05, 0) is 37.1 Å². The molecule has 0 N–H and O–H groups in total. The van der Waals surface area contributed by atoms with Crippen molar-refractivity contribution in [2.75, 3.05) is 11.4 Å². The molecular weight excluding hydrogens is 262 g/mol. The molecule has 3 heteroatoms. The molecule has 1 aliphatic rings. The number of unbranched alkanes of at least 4 members (excludes halogenated alkanes) is 4. The van der Waals surface area contributed by atoms with Crippen LogP contribution >= 0.6 is 0 Å². The molecule has 3 nitrogen and oxygen atoms in total. The second-order valence-corrected chi connectivity index (χ2v) is 5.78. The van der Waals surface area contributed by atoms with Crippen LogP contribution in [0.5, 0.6) is 0 Å². The Kier molecular flexibility index (Phi) is 5.97. The molecule has 1 fully saturated rings. The van der Waals surface area contributed by atoms with Crippen LogP contribution in [0, 0.1) is 0 Å². The molecule has 0 spiro atoms. The second kappa shape index (κ2) is 7.96. The first kappa shape index (κ1) is 15.7. The van der Waals surface area contributed by atoms with E-state index < -0.39 is 0 Å². The first-order valence-corrected chi connectivity index (χ1v) is 8.16. The lowest BCUT2D eigenvalue weighted by atomic mass is 10.0. The van der Waals surface area contributed by atoms with E-state index in [0.29, 0.717) is 12.8 Å². The van der Waals surface area contributed by atoms with E-state index in [1.54, 1.807) is 4.90 Å². The molecule has 0 bridgehead atoms. The van der Waals surface area contributed by atoms with Crippen LogP contribution in [0.1, 0.15) is 68.6 Å². The summed E-state index contributed by atoms with van der Waals surface area (Å²) < 4.78 is 0. The van der Waals surface area contributed by atoms with Gasteiger partial charge in [0.15, 0.2) is 5.78 Å². The molecule has 0 unspecified atom stereocenters. The second-order valence-electron chi connectivity index (χ2n) is 5.78. The fourth-order valence-electron chi connectivity index (χ4n) is 2.78. The zero-order valence-electron chi connectivity index (χ0n) is 12.9. The number of rotatable bonds is 8. The van der Waals surface area contributed by atoms with Gasteiger partial charge in [-0.2, -0.15) is 0 Å². The average molecular weight is 287 g/mol. The summed E-state index contributed by atoms with van der Waals surface area (Å²) in [5.74, 6) is 0.399. The van der Waals surface area contributed by atoms with Crippen LogP contribution in [-0.4, -0.2) is 18.2 Å². The Balaban J connectivity index is 1.83. The Bertz CT molecular complexity index is 478. The minimum atomic E-state index is 0.185. The number of hydrogen-bond acceptors (Lipinski definition) is 2. The van der Waals surface area contributed by atoms with E-state index in [4.69, 9.17) is 0 Å². The Labute approximate surface area is 127 Å². The summed E-state index contributed by atoms with van der Waals surface area (Å²) in [5, 5.41) is 0. The SMILES string of the molecule is CCCCCCCC(=O)c1ccc(N2CCCC2=O)cc1. The normalized spacial score (nSPS) is 14.7. The number of hydrogen-bond donors (Lipinski definition) is 0. The highest BCUT2D eigenvalue weighted by Crippen LogP contribution is 2.22. The number of benzene rings is 1. The number of Topliss-reactive ketones (excluding diaryl/α,β-unsaturated/α-hetero) is 1. The maximum absolute atomic E-state index is 12.1. The Hall–Kier alpha value is -1.64. The third kappa shape index (κ3) is 4.42. The van der Waals surface area contributed by atoms with Gasteiger partial charge in [-0.15, -0.1) is 0 Å². The summed E-state index contributed by atoms with van der Waals surface area (Å²) in [6, 6.07) is 7.51. The van der Waals surface area contributed by atoms with Gasteiger partial charge in [-0.1, -0.05) is 32.6 Å². The summed E-state index contributed by atoms with van der Waals surface area (Å²) in [6.07, 6.45) is 8.02. The van der Waals surface area contributed by atoms with Crippen molar-refractivity contribution < 1.29 is 9.59 Å². The van der Waals surface area contributed by atoms with Crippen molar-refractivity contribution in [2.24, 2.45) is 0 Å². The molecule has 114 valence electrons. The van der Waals surface area contributed by atoms with Gasteiger partial charge >= 0.3 is 0 Å². The Morgan fingerprint density at radius 1 is 1.10 bits per heavy atom. The quantitative estimate of drug-likeness (QED) is 0.526. The predicted molar refractivity (Wildman–Crippen MR) is 85.7 cm³/mol. The lowest BCUT2D eigenvalue weighted by molar-refractivity contribution is -0.117. The van der Waals surface area contributed by atoms with Crippen LogP contribution in [0.3, 0.4) is 0 Å².